The van der Waals surface area contributed by atoms with Gasteiger partial charge in [0.1, 0.15) is 0 Å². The van der Waals surface area contributed by atoms with Gasteiger partial charge in [-0.1, -0.05) is 56.3 Å². The Morgan fingerprint density at radius 3 is 2.33 bits per heavy atom. The summed E-state index contributed by atoms with van der Waals surface area (Å²) >= 11 is 0. The van der Waals surface area contributed by atoms with Gasteiger partial charge in [-0.3, -0.25) is 0 Å². The molecule has 0 aromatic heterocycles. The van der Waals surface area contributed by atoms with Gasteiger partial charge in [-0.25, -0.2) is 0 Å². The molecule has 0 aliphatic carbocycles. The molecule has 2 rings (SSSR count). The van der Waals surface area contributed by atoms with Crippen molar-refractivity contribution in [2.45, 2.75) is 20.3 Å². The summed E-state index contributed by atoms with van der Waals surface area (Å²) in [5.41, 5.74) is 1.05. The molecule has 2 aromatic carbocycles. The third kappa shape index (κ3) is 4.82. The number of rotatable bonds is 2. The molecule has 0 fully saturated rings. The maximum absolute atomic E-state index is 11.3. The van der Waals surface area contributed by atoms with Crippen LogP contribution in [0, 0.1) is 0 Å². The number of carbonyl (C=O) groups excluding carboxylic acids is 1. The number of likely N-dealkylation sites (N-methyl/N-ethyl adjacent to an activating group) is 1. The number of hydrogen-bond donors (Lipinski definition) is 0. The quantitative estimate of drug-likeness (QED) is 0.745. The summed E-state index contributed by atoms with van der Waals surface area (Å²) in [4.78, 5) is 11.3. The molecular formula is C15H18KNO. The van der Waals surface area contributed by atoms with Crippen molar-refractivity contribution in [3.63, 3.8) is 0 Å². The van der Waals surface area contributed by atoms with Gasteiger partial charge in [-0.2, -0.15) is 0 Å². The largest absolute Gasteiger partial charge is 1.00 e. The summed E-state index contributed by atoms with van der Waals surface area (Å²) in [6.45, 7) is 4.00. The topological polar surface area (TPSA) is 31.2 Å². The summed E-state index contributed by atoms with van der Waals surface area (Å²) < 4.78 is 0. The van der Waals surface area contributed by atoms with Crippen molar-refractivity contribution in [3.05, 3.63) is 53.3 Å². The smallest absolute Gasteiger partial charge is 0.656 e. The van der Waals surface area contributed by atoms with Crippen LogP contribution >= 0.6 is 0 Å². The predicted molar refractivity (Wildman–Crippen MR) is 73.3 cm³/mol. The van der Waals surface area contributed by atoms with Gasteiger partial charge in [0.05, 0.1) is 5.91 Å². The monoisotopic (exact) mass is 267 g/mol. The summed E-state index contributed by atoms with van der Waals surface area (Å²) in [6.07, 6.45) is 0.387. The van der Waals surface area contributed by atoms with Crippen LogP contribution in [0.4, 0.5) is 0 Å². The Morgan fingerprint density at radius 1 is 1.06 bits per heavy atom. The Morgan fingerprint density at radius 2 is 1.67 bits per heavy atom. The van der Waals surface area contributed by atoms with Crippen molar-refractivity contribution < 1.29 is 56.2 Å². The molecule has 90 valence electrons. The molecule has 1 amide bonds. The molecule has 0 bridgehead atoms. The third-order valence-corrected chi connectivity index (χ3v) is 2.47. The summed E-state index contributed by atoms with van der Waals surface area (Å²) in [6, 6.07) is 14.1. The molecule has 0 saturated heterocycles. The molecule has 0 N–H and O–H groups in total. The molecule has 2 aromatic rings. The first-order valence-corrected chi connectivity index (χ1v) is 5.90. The number of carbonyl (C=O) groups is 1. The molecule has 18 heavy (non-hydrogen) atoms. The van der Waals surface area contributed by atoms with E-state index in [9.17, 15) is 4.79 Å². The molecule has 3 heteroatoms. The minimum absolute atomic E-state index is 0. The van der Waals surface area contributed by atoms with Crippen molar-refractivity contribution >= 4 is 16.7 Å². The predicted octanol–water partition coefficient (Wildman–Crippen LogP) is 0.943. The van der Waals surface area contributed by atoms with Crippen molar-refractivity contribution in [1.82, 2.24) is 0 Å². The Labute approximate surface area is 152 Å². The number of nitrogens with zero attached hydrogens (tertiary/aromatic N) is 1. The first kappa shape index (κ1) is 17.8. The second-order valence-electron chi connectivity index (χ2n) is 3.43. The van der Waals surface area contributed by atoms with E-state index in [-0.39, 0.29) is 57.3 Å². The fraction of sp³-hybridized carbons (Fsp3) is 0.267. The van der Waals surface area contributed by atoms with E-state index in [0.717, 1.165) is 10.9 Å². The van der Waals surface area contributed by atoms with Crippen LogP contribution in [0.5, 0.6) is 0 Å². The standard InChI is InChI=1S/C13H13NO.C2H6.K/c1-14-13(15)9-11-7-4-6-10-5-2-3-8-12(10)11;1-2;/h2-8H,9H2,1H3,(H,14,15);1-2H3;/q;;+1/p-1. The van der Waals surface area contributed by atoms with Gasteiger partial charge in [-0.05, 0) is 16.3 Å². The Kier molecular flexibility index (Phi) is 9.60. The molecule has 0 atom stereocenters. The van der Waals surface area contributed by atoms with Crippen LogP contribution in [0.2, 0.25) is 0 Å². The van der Waals surface area contributed by atoms with Crippen LogP contribution in [-0.2, 0) is 11.2 Å². The van der Waals surface area contributed by atoms with Crippen molar-refractivity contribution in [2.24, 2.45) is 0 Å². The number of fused-ring (bicyclic) bond motifs is 1. The van der Waals surface area contributed by atoms with Crippen LogP contribution in [0.25, 0.3) is 16.1 Å². The van der Waals surface area contributed by atoms with E-state index in [2.05, 4.69) is 5.32 Å². The van der Waals surface area contributed by atoms with Gasteiger partial charge in [0.25, 0.3) is 0 Å². The molecule has 0 heterocycles. The Hall–Kier alpha value is -0.194. The van der Waals surface area contributed by atoms with E-state index in [1.165, 1.54) is 12.4 Å². The molecule has 0 saturated carbocycles. The number of hydrogen-bond acceptors (Lipinski definition) is 1. The first-order chi connectivity index (χ1) is 8.31. The summed E-state index contributed by atoms with van der Waals surface area (Å²) in [5, 5.41) is 5.95. The van der Waals surface area contributed by atoms with Crippen LogP contribution in [0.3, 0.4) is 0 Å². The second-order valence-corrected chi connectivity index (χ2v) is 3.43. The van der Waals surface area contributed by atoms with E-state index < -0.39 is 0 Å². The maximum Gasteiger partial charge on any atom is 1.00 e. The maximum atomic E-state index is 11.3. The Bertz CT molecular complexity index is 491. The van der Waals surface area contributed by atoms with Crippen molar-refractivity contribution in [3.8, 4) is 0 Å². The number of amides is 1. The van der Waals surface area contributed by atoms with Crippen LogP contribution in [0.15, 0.2) is 42.5 Å². The zero-order valence-corrected chi connectivity index (χ0v) is 14.7. The fourth-order valence-electron chi connectivity index (χ4n) is 1.69. The molecule has 0 radical (unpaired) electrons. The molecule has 0 aliphatic rings. The summed E-state index contributed by atoms with van der Waals surface area (Å²) in [7, 11) is 1.54. The van der Waals surface area contributed by atoms with Gasteiger partial charge >= 0.3 is 51.4 Å². The SMILES string of the molecule is CC.C[N-]C(=O)Cc1cccc2ccccc12.[K+]. The van der Waals surface area contributed by atoms with E-state index >= 15 is 0 Å². The molecule has 2 nitrogen and oxygen atoms in total. The van der Waals surface area contributed by atoms with Gasteiger partial charge in [-0.15, -0.1) is 7.05 Å². The van der Waals surface area contributed by atoms with E-state index in [0.29, 0.717) is 6.42 Å². The minimum atomic E-state index is -0.0775. The molecule has 0 spiro atoms. The Balaban J connectivity index is 0.000000917. The summed E-state index contributed by atoms with van der Waals surface area (Å²) in [5.74, 6) is -0.0775. The average molecular weight is 267 g/mol. The zero-order valence-electron chi connectivity index (χ0n) is 11.6. The molecule has 0 unspecified atom stereocenters. The van der Waals surface area contributed by atoms with Crippen molar-refractivity contribution in [2.75, 3.05) is 7.05 Å². The third-order valence-electron chi connectivity index (χ3n) is 2.47. The molecular weight excluding hydrogens is 249 g/mol. The van der Waals surface area contributed by atoms with Crippen LogP contribution in [-0.4, -0.2) is 13.0 Å². The normalized spacial score (nSPS) is 8.83. The zero-order chi connectivity index (χ0) is 12.7. The van der Waals surface area contributed by atoms with E-state index in [1.54, 1.807) is 0 Å². The van der Waals surface area contributed by atoms with Crippen LogP contribution in [0.1, 0.15) is 19.4 Å². The molecule has 0 aliphatic heterocycles. The van der Waals surface area contributed by atoms with Crippen molar-refractivity contribution in [1.29, 1.82) is 0 Å². The van der Waals surface area contributed by atoms with Gasteiger partial charge in [0.15, 0.2) is 0 Å². The van der Waals surface area contributed by atoms with Gasteiger partial charge in [0, 0.05) is 6.42 Å². The minimum Gasteiger partial charge on any atom is -0.656 e. The van der Waals surface area contributed by atoms with Crippen LogP contribution < -0.4 is 51.4 Å². The first-order valence-electron chi connectivity index (χ1n) is 5.90. The van der Waals surface area contributed by atoms with E-state index in [4.69, 9.17) is 0 Å². The number of benzene rings is 2. The van der Waals surface area contributed by atoms with E-state index in [1.807, 2.05) is 56.3 Å². The average Bonchev–Trinajstić information content (AvgIpc) is 2.41. The fourth-order valence-corrected chi connectivity index (χ4v) is 1.69. The van der Waals surface area contributed by atoms with Gasteiger partial charge < -0.3 is 10.1 Å². The second kappa shape index (κ2) is 9.70. The van der Waals surface area contributed by atoms with Gasteiger partial charge in [0.2, 0.25) is 0 Å².